The lowest BCUT2D eigenvalue weighted by molar-refractivity contribution is -0.122. The van der Waals surface area contributed by atoms with E-state index in [4.69, 9.17) is 4.74 Å². The standard InChI is InChI=1S/C20H30N2O3/c1-20(2,3)16-7-5-15(6-8-16)19(24)22-12-9-17(10-13-22)21-18(23)11-14-25-4/h5-8,17H,9-14H2,1-4H3,(H,21,23). The van der Waals surface area contributed by atoms with E-state index in [9.17, 15) is 9.59 Å². The fourth-order valence-corrected chi connectivity index (χ4v) is 3.02. The van der Waals surface area contributed by atoms with Gasteiger partial charge in [0.2, 0.25) is 5.91 Å². The number of amides is 2. The molecule has 1 aliphatic rings. The highest BCUT2D eigenvalue weighted by Gasteiger charge is 2.24. The van der Waals surface area contributed by atoms with Gasteiger partial charge in [-0.2, -0.15) is 0 Å². The molecule has 138 valence electrons. The first-order chi connectivity index (χ1) is 11.8. The zero-order chi connectivity index (χ0) is 18.4. The molecule has 1 aliphatic heterocycles. The minimum atomic E-state index is 0.0180. The van der Waals surface area contributed by atoms with Crippen LogP contribution in [0.25, 0.3) is 0 Å². The SMILES string of the molecule is COCCC(=O)NC1CCN(C(=O)c2ccc(C(C)(C)C)cc2)CC1. The Balaban J connectivity index is 1.86. The third-order valence-corrected chi connectivity index (χ3v) is 4.68. The number of nitrogens with one attached hydrogen (secondary N) is 1. The van der Waals surface area contributed by atoms with Gasteiger partial charge in [0, 0.05) is 38.2 Å². The van der Waals surface area contributed by atoms with Crippen LogP contribution in [0, 0.1) is 0 Å². The van der Waals surface area contributed by atoms with E-state index in [0.29, 0.717) is 26.1 Å². The molecule has 1 aromatic carbocycles. The lowest BCUT2D eigenvalue weighted by atomic mass is 9.86. The molecule has 1 aromatic rings. The Morgan fingerprint density at radius 2 is 1.76 bits per heavy atom. The molecule has 2 amide bonds. The van der Waals surface area contributed by atoms with Crippen molar-refractivity contribution in [3.8, 4) is 0 Å². The van der Waals surface area contributed by atoms with E-state index in [1.54, 1.807) is 7.11 Å². The van der Waals surface area contributed by atoms with Crippen molar-refractivity contribution < 1.29 is 14.3 Å². The second kappa shape index (κ2) is 8.48. The first-order valence-electron chi connectivity index (χ1n) is 8.99. The minimum Gasteiger partial charge on any atom is -0.384 e. The minimum absolute atomic E-state index is 0.0180. The summed E-state index contributed by atoms with van der Waals surface area (Å²) < 4.78 is 4.91. The summed E-state index contributed by atoms with van der Waals surface area (Å²) in [5, 5.41) is 3.02. The summed E-state index contributed by atoms with van der Waals surface area (Å²) in [5.74, 6) is 0.0917. The number of methoxy groups -OCH3 is 1. The molecule has 0 unspecified atom stereocenters. The van der Waals surface area contributed by atoms with Crippen LogP contribution in [0.15, 0.2) is 24.3 Å². The van der Waals surface area contributed by atoms with Crippen LogP contribution < -0.4 is 5.32 Å². The van der Waals surface area contributed by atoms with Gasteiger partial charge in [-0.25, -0.2) is 0 Å². The molecule has 0 aliphatic carbocycles. The molecule has 0 bridgehead atoms. The maximum atomic E-state index is 12.7. The predicted molar refractivity (Wildman–Crippen MR) is 98.7 cm³/mol. The average Bonchev–Trinajstić information content (AvgIpc) is 2.59. The summed E-state index contributed by atoms with van der Waals surface area (Å²) in [4.78, 5) is 26.3. The molecular formula is C20H30N2O3. The molecular weight excluding hydrogens is 316 g/mol. The molecule has 25 heavy (non-hydrogen) atoms. The van der Waals surface area contributed by atoms with Gasteiger partial charge in [0.05, 0.1) is 6.61 Å². The summed E-state index contributed by atoms with van der Waals surface area (Å²) in [5.41, 5.74) is 2.04. The Kier molecular flexibility index (Phi) is 6.59. The van der Waals surface area contributed by atoms with Gasteiger partial charge in [0.1, 0.15) is 0 Å². The smallest absolute Gasteiger partial charge is 0.253 e. The fourth-order valence-electron chi connectivity index (χ4n) is 3.02. The molecule has 5 nitrogen and oxygen atoms in total. The first kappa shape index (κ1) is 19.4. The monoisotopic (exact) mass is 346 g/mol. The van der Waals surface area contributed by atoms with Gasteiger partial charge in [-0.3, -0.25) is 9.59 Å². The summed E-state index contributed by atoms with van der Waals surface area (Å²) in [7, 11) is 1.59. The molecule has 1 saturated heterocycles. The van der Waals surface area contributed by atoms with Gasteiger partial charge in [0.15, 0.2) is 0 Å². The zero-order valence-electron chi connectivity index (χ0n) is 15.8. The van der Waals surface area contributed by atoms with Crippen LogP contribution in [-0.4, -0.2) is 49.6 Å². The Labute approximate surface area is 150 Å². The maximum Gasteiger partial charge on any atom is 0.253 e. The highest BCUT2D eigenvalue weighted by Crippen LogP contribution is 2.23. The maximum absolute atomic E-state index is 12.7. The number of benzene rings is 1. The molecule has 1 fully saturated rings. The second-order valence-corrected chi connectivity index (χ2v) is 7.70. The van der Waals surface area contributed by atoms with E-state index >= 15 is 0 Å². The number of ether oxygens (including phenoxy) is 1. The number of carbonyl (C=O) groups is 2. The van der Waals surface area contributed by atoms with Gasteiger partial charge in [-0.1, -0.05) is 32.9 Å². The van der Waals surface area contributed by atoms with Crippen molar-refractivity contribution in [2.45, 2.75) is 51.5 Å². The second-order valence-electron chi connectivity index (χ2n) is 7.70. The van der Waals surface area contributed by atoms with Crippen molar-refractivity contribution >= 4 is 11.8 Å². The van der Waals surface area contributed by atoms with Crippen LogP contribution in [0.2, 0.25) is 0 Å². The molecule has 0 aromatic heterocycles. The summed E-state index contributed by atoms with van der Waals surface area (Å²) in [6.45, 7) is 8.28. The van der Waals surface area contributed by atoms with Crippen LogP contribution in [0.1, 0.15) is 56.0 Å². The molecule has 0 saturated carbocycles. The Hall–Kier alpha value is -1.88. The summed E-state index contributed by atoms with van der Waals surface area (Å²) in [6.07, 6.45) is 1.98. The molecule has 0 atom stereocenters. The molecule has 1 heterocycles. The van der Waals surface area contributed by atoms with Gasteiger partial charge in [-0.15, -0.1) is 0 Å². The highest BCUT2D eigenvalue weighted by molar-refractivity contribution is 5.94. The van der Waals surface area contributed by atoms with Crippen molar-refractivity contribution in [3.63, 3.8) is 0 Å². The van der Waals surface area contributed by atoms with E-state index < -0.39 is 0 Å². The number of carbonyl (C=O) groups excluding carboxylic acids is 2. The first-order valence-corrected chi connectivity index (χ1v) is 8.99. The van der Waals surface area contributed by atoms with Crippen LogP contribution in [0.5, 0.6) is 0 Å². The van der Waals surface area contributed by atoms with E-state index in [2.05, 4.69) is 26.1 Å². The topological polar surface area (TPSA) is 58.6 Å². The average molecular weight is 346 g/mol. The number of hydrogen-bond acceptors (Lipinski definition) is 3. The number of nitrogens with zero attached hydrogens (tertiary/aromatic N) is 1. The van der Waals surface area contributed by atoms with Crippen LogP contribution in [0.3, 0.4) is 0 Å². The van der Waals surface area contributed by atoms with E-state index in [1.807, 2.05) is 29.2 Å². The zero-order valence-corrected chi connectivity index (χ0v) is 15.8. The van der Waals surface area contributed by atoms with Crippen LogP contribution in [-0.2, 0) is 14.9 Å². The van der Waals surface area contributed by atoms with E-state index in [1.165, 1.54) is 5.56 Å². The lowest BCUT2D eigenvalue weighted by Gasteiger charge is -2.32. The Morgan fingerprint density at radius 1 is 1.16 bits per heavy atom. The third kappa shape index (κ3) is 5.56. The van der Waals surface area contributed by atoms with Crippen molar-refractivity contribution in [1.29, 1.82) is 0 Å². The summed E-state index contributed by atoms with van der Waals surface area (Å²) in [6, 6.07) is 8.06. The van der Waals surface area contributed by atoms with Crippen molar-refractivity contribution in [2.24, 2.45) is 0 Å². The highest BCUT2D eigenvalue weighted by atomic mass is 16.5. The van der Waals surface area contributed by atoms with Crippen molar-refractivity contribution in [3.05, 3.63) is 35.4 Å². The lowest BCUT2D eigenvalue weighted by Crippen LogP contribution is -2.46. The third-order valence-electron chi connectivity index (χ3n) is 4.68. The number of likely N-dealkylation sites (tertiary alicyclic amines) is 1. The fraction of sp³-hybridized carbons (Fsp3) is 0.600. The Bertz CT molecular complexity index is 582. The van der Waals surface area contributed by atoms with Crippen LogP contribution >= 0.6 is 0 Å². The van der Waals surface area contributed by atoms with E-state index in [-0.39, 0.29) is 23.3 Å². The molecule has 0 spiro atoms. The molecule has 2 rings (SSSR count). The quantitative estimate of drug-likeness (QED) is 0.892. The molecule has 1 N–H and O–H groups in total. The van der Waals surface area contributed by atoms with Gasteiger partial charge in [0.25, 0.3) is 5.91 Å². The van der Waals surface area contributed by atoms with Gasteiger partial charge in [-0.05, 0) is 36.0 Å². The van der Waals surface area contributed by atoms with Gasteiger partial charge < -0.3 is 15.0 Å². The van der Waals surface area contributed by atoms with Crippen LogP contribution in [0.4, 0.5) is 0 Å². The predicted octanol–water partition coefficient (Wildman–Crippen LogP) is 2.74. The normalized spacial score (nSPS) is 15.9. The molecule has 0 radical (unpaired) electrons. The molecule has 5 heteroatoms. The number of piperidine rings is 1. The number of hydrogen-bond donors (Lipinski definition) is 1. The van der Waals surface area contributed by atoms with Crippen molar-refractivity contribution in [2.75, 3.05) is 26.8 Å². The summed E-state index contributed by atoms with van der Waals surface area (Å²) >= 11 is 0. The van der Waals surface area contributed by atoms with Crippen molar-refractivity contribution in [1.82, 2.24) is 10.2 Å². The van der Waals surface area contributed by atoms with E-state index in [0.717, 1.165) is 18.4 Å². The Morgan fingerprint density at radius 3 is 2.28 bits per heavy atom. The number of rotatable bonds is 5. The van der Waals surface area contributed by atoms with Gasteiger partial charge >= 0.3 is 0 Å². The largest absolute Gasteiger partial charge is 0.384 e.